The highest BCUT2D eigenvalue weighted by atomic mass is 32.1. The topological polar surface area (TPSA) is 84.5 Å². The third-order valence-corrected chi connectivity index (χ3v) is 5.50. The number of amides is 2. The van der Waals surface area contributed by atoms with E-state index in [1.54, 1.807) is 30.3 Å². The molecule has 3 aromatic rings. The van der Waals surface area contributed by atoms with Gasteiger partial charge in [-0.2, -0.15) is 0 Å². The Kier molecular flexibility index (Phi) is 7.20. The number of aryl methyl sites for hydroxylation is 1. The van der Waals surface area contributed by atoms with Gasteiger partial charge in [-0.3, -0.25) is 9.59 Å². The summed E-state index contributed by atoms with van der Waals surface area (Å²) >= 11 is 1.33. The smallest absolute Gasteiger partial charge is 0.338 e. The summed E-state index contributed by atoms with van der Waals surface area (Å²) in [6, 6.07) is 15.8. The molecule has 0 aliphatic heterocycles. The van der Waals surface area contributed by atoms with Crippen molar-refractivity contribution in [3.63, 3.8) is 0 Å². The lowest BCUT2D eigenvalue weighted by Gasteiger charge is -2.16. The second-order valence-electron chi connectivity index (χ2n) is 7.33. The van der Waals surface area contributed by atoms with Gasteiger partial charge in [-0.1, -0.05) is 44.2 Å². The molecule has 1 heterocycles. The lowest BCUT2D eigenvalue weighted by atomic mass is 9.98. The van der Waals surface area contributed by atoms with E-state index in [9.17, 15) is 14.4 Å². The van der Waals surface area contributed by atoms with Crippen LogP contribution in [-0.2, 0) is 9.53 Å². The highest BCUT2D eigenvalue weighted by molar-refractivity contribution is 7.12. The molecule has 0 aliphatic rings. The summed E-state index contributed by atoms with van der Waals surface area (Å²) in [6.45, 7) is 5.61. The quantitative estimate of drug-likeness (QED) is 0.497. The molecule has 0 bridgehead atoms. The van der Waals surface area contributed by atoms with Gasteiger partial charge in [0.2, 0.25) is 0 Å². The van der Waals surface area contributed by atoms with E-state index < -0.39 is 18.5 Å². The predicted octanol–water partition coefficient (Wildman–Crippen LogP) is 5.23. The zero-order chi connectivity index (χ0) is 22.4. The van der Waals surface area contributed by atoms with Gasteiger partial charge in [0.05, 0.1) is 10.4 Å². The zero-order valence-electron chi connectivity index (χ0n) is 17.6. The summed E-state index contributed by atoms with van der Waals surface area (Å²) in [4.78, 5) is 37.5. The van der Waals surface area contributed by atoms with Crippen molar-refractivity contribution in [3.05, 3.63) is 81.5 Å². The van der Waals surface area contributed by atoms with Gasteiger partial charge in [-0.15, -0.1) is 11.3 Å². The van der Waals surface area contributed by atoms with Crippen LogP contribution in [0.5, 0.6) is 0 Å². The minimum absolute atomic E-state index is 0.241. The molecule has 2 aromatic carbocycles. The van der Waals surface area contributed by atoms with Crippen LogP contribution in [0.25, 0.3) is 0 Å². The van der Waals surface area contributed by atoms with Gasteiger partial charge in [-0.25, -0.2) is 4.79 Å². The maximum Gasteiger partial charge on any atom is 0.338 e. The van der Waals surface area contributed by atoms with Crippen molar-refractivity contribution in [1.29, 1.82) is 0 Å². The van der Waals surface area contributed by atoms with Crippen molar-refractivity contribution in [1.82, 2.24) is 0 Å². The van der Waals surface area contributed by atoms with Crippen molar-refractivity contribution in [2.24, 2.45) is 0 Å². The number of ether oxygens (including phenoxy) is 1. The first-order chi connectivity index (χ1) is 14.8. The molecule has 2 N–H and O–H groups in total. The van der Waals surface area contributed by atoms with Crippen LogP contribution in [0.3, 0.4) is 0 Å². The van der Waals surface area contributed by atoms with E-state index >= 15 is 0 Å². The number of nitrogens with one attached hydrogen (secondary N) is 2. The lowest BCUT2D eigenvalue weighted by Crippen LogP contribution is -2.22. The van der Waals surface area contributed by atoms with Gasteiger partial charge in [0.25, 0.3) is 11.8 Å². The molecule has 31 heavy (non-hydrogen) atoms. The normalized spacial score (nSPS) is 10.6. The van der Waals surface area contributed by atoms with Gasteiger partial charge < -0.3 is 15.4 Å². The predicted molar refractivity (Wildman–Crippen MR) is 123 cm³/mol. The van der Waals surface area contributed by atoms with Crippen LogP contribution < -0.4 is 10.6 Å². The summed E-state index contributed by atoms with van der Waals surface area (Å²) in [5, 5.41) is 7.41. The molecule has 0 unspecified atom stereocenters. The number of carbonyl (C=O) groups excluding carboxylic acids is 3. The molecular weight excluding hydrogens is 412 g/mol. The fraction of sp³-hybridized carbons (Fsp3) is 0.208. The van der Waals surface area contributed by atoms with E-state index in [4.69, 9.17) is 4.74 Å². The molecule has 0 atom stereocenters. The molecule has 160 valence electrons. The molecule has 7 heteroatoms. The first-order valence-electron chi connectivity index (χ1n) is 9.86. The number of thiophene rings is 1. The summed E-state index contributed by atoms with van der Waals surface area (Å²) in [5.74, 6) is -1.06. The van der Waals surface area contributed by atoms with E-state index in [1.807, 2.05) is 30.5 Å². The van der Waals surface area contributed by atoms with E-state index in [0.29, 0.717) is 10.6 Å². The molecule has 0 fully saturated rings. The molecule has 0 spiro atoms. The number of hydrogen-bond donors (Lipinski definition) is 2. The third kappa shape index (κ3) is 5.79. The Balaban J connectivity index is 1.60. The molecule has 1 aromatic heterocycles. The summed E-state index contributed by atoms with van der Waals surface area (Å²) in [6.07, 6.45) is 0. The van der Waals surface area contributed by atoms with Crippen molar-refractivity contribution < 1.29 is 19.1 Å². The van der Waals surface area contributed by atoms with Crippen LogP contribution in [0.15, 0.2) is 60.0 Å². The molecule has 3 rings (SSSR count). The number of anilines is 2. The Morgan fingerprint density at radius 1 is 1.00 bits per heavy atom. The lowest BCUT2D eigenvalue weighted by molar-refractivity contribution is -0.119. The van der Waals surface area contributed by atoms with Crippen molar-refractivity contribution >= 4 is 40.5 Å². The van der Waals surface area contributed by atoms with Crippen LogP contribution in [0, 0.1) is 6.92 Å². The maximum atomic E-state index is 12.4. The third-order valence-electron chi connectivity index (χ3n) is 4.63. The van der Waals surface area contributed by atoms with Crippen molar-refractivity contribution in [3.8, 4) is 0 Å². The Morgan fingerprint density at radius 3 is 2.48 bits per heavy atom. The number of benzene rings is 2. The number of carbonyl (C=O) groups is 3. The highest BCUT2D eigenvalue weighted by Crippen LogP contribution is 2.27. The first kappa shape index (κ1) is 22.2. The maximum absolute atomic E-state index is 12.4. The van der Waals surface area contributed by atoms with Gasteiger partial charge in [0.15, 0.2) is 6.61 Å². The van der Waals surface area contributed by atoms with E-state index in [2.05, 4.69) is 24.5 Å². The molecule has 0 aliphatic carbocycles. The average Bonchev–Trinajstić information content (AvgIpc) is 3.28. The Hall–Kier alpha value is -3.45. The van der Waals surface area contributed by atoms with Crippen LogP contribution in [0.1, 0.15) is 50.9 Å². The fourth-order valence-corrected chi connectivity index (χ4v) is 3.68. The monoisotopic (exact) mass is 436 g/mol. The van der Waals surface area contributed by atoms with Gasteiger partial charge >= 0.3 is 5.97 Å². The fourth-order valence-electron chi connectivity index (χ4n) is 3.06. The van der Waals surface area contributed by atoms with Crippen LogP contribution >= 0.6 is 11.3 Å². The van der Waals surface area contributed by atoms with Gasteiger partial charge in [-0.05, 0) is 53.6 Å². The second-order valence-corrected chi connectivity index (χ2v) is 8.28. The highest BCUT2D eigenvalue weighted by Gasteiger charge is 2.15. The molecule has 2 amide bonds. The van der Waals surface area contributed by atoms with Crippen LogP contribution in [0.4, 0.5) is 11.4 Å². The van der Waals surface area contributed by atoms with Gasteiger partial charge in [0.1, 0.15) is 0 Å². The molecule has 0 saturated heterocycles. The average molecular weight is 437 g/mol. The summed E-state index contributed by atoms with van der Waals surface area (Å²) in [5.41, 5.74) is 3.43. The number of esters is 1. The largest absolute Gasteiger partial charge is 0.452 e. The summed E-state index contributed by atoms with van der Waals surface area (Å²) in [7, 11) is 0. The van der Waals surface area contributed by atoms with E-state index in [0.717, 1.165) is 16.8 Å². The minimum Gasteiger partial charge on any atom is -0.452 e. The van der Waals surface area contributed by atoms with Crippen LogP contribution in [0.2, 0.25) is 0 Å². The second kappa shape index (κ2) is 10.0. The number of hydrogen-bond acceptors (Lipinski definition) is 5. The van der Waals surface area contributed by atoms with E-state index in [1.165, 1.54) is 17.4 Å². The van der Waals surface area contributed by atoms with Crippen LogP contribution in [-0.4, -0.2) is 24.4 Å². The number of rotatable bonds is 7. The summed E-state index contributed by atoms with van der Waals surface area (Å²) < 4.78 is 5.17. The Labute approximate surface area is 185 Å². The molecule has 6 nitrogen and oxygen atoms in total. The molecule has 0 radical (unpaired) electrons. The Morgan fingerprint density at radius 2 is 1.77 bits per heavy atom. The standard InChI is InChI=1S/C24H24N2O4S/c1-15(2)19-10-4-7-16(3)22(19)26-21(27)14-30-24(29)17-8-5-9-18(13-17)25-23(28)20-11-6-12-31-20/h4-13,15H,14H2,1-3H3,(H,25,28)(H,26,27). The molecule has 0 saturated carbocycles. The molecular formula is C24H24N2O4S. The SMILES string of the molecule is Cc1cccc(C(C)C)c1NC(=O)COC(=O)c1cccc(NC(=O)c2cccs2)c1. The minimum atomic E-state index is -0.642. The zero-order valence-corrected chi connectivity index (χ0v) is 18.4. The van der Waals surface area contributed by atoms with Crippen molar-refractivity contribution in [2.75, 3.05) is 17.2 Å². The first-order valence-corrected chi connectivity index (χ1v) is 10.7. The van der Waals surface area contributed by atoms with Crippen molar-refractivity contribution in [2.45, 2.75) is 26.7 Å². The number of para-hydroxylation sites is 1. The van der Waals surface area contributed by atoms with Gasteiger partial charge in [0, 0.05) is 11.4 Å². The van der Waals surface area contributed by atoms with E-state index in [-0.39, 0.29) is 17.4 Å². The Bertz CT molecular complexity index is 1090.